The first-order chi connectivity index (χ1) is 17.1. The van der Waals surface area contributed by atoms with Crippen molar-refractivity contribution in [3.8, 4) is 16.9 Å². The molecule has 0 aliphatic rings. The van der Waals surface area contributed by atoms with Gasteiger partial charge in [-0.15, -0.1) is 0 Å². The number of anilines is 1. The molecule has 0 fully saturated rings. The number of carbonyl (C=O) groups excluding carboxylic acids is 1. The maximum atomic E-state index is 13.0. The van der Waals surface area contributed by atoms with Gasteiger partial charge in [0.15, 0.2) is 0 Å². The molecule has 0 bridgehead atoms. The summed E-state index contributed by atoms with van der Waals surface area (Å²) in [5.74, 6) is 0.00307. The first-order valence-corrected chi connectivity index (χ1v) is 11.5. The van der Waals surface area contributed by atoms with Gasteiger partial charge in [-0.1, -0.05) is 29.8 Å². The van der Waals surface area contributed by atoms with E-state index in [0.717, 1.165) is 39.8 Å². The Kier molecular flexibility index (Phi) is 6.93. The number of benzene rings is 3. The summed E-state index contributed by atoms with van der Waals surface area (Å²) in [4.78, 5) is 12.7. The van der Waals surface area contributed by atoms with Crippen LogP contribution in [0.5, 0.6) is 5.75 Å². The van der Waals surface area contributed by atoms with Gasteiger partial charge in [-0.2, -0.15) is 13.2 Å². The molecular formula is C29H26F3NO3. The smallest absolute Gasteiger partial charge is 0.416 e. The first-order valence-electron chi connectivity index (χ1n) is 11.5. The molecule has 4 aromatic rings. The number of alkyl halides is 3. The molecule has 0 unspecified atom stereocenters. The molecule has 1 amide bonds. The number of fused-ring (bicyclic) bond motifs is 1. The third-order valence-corrected chi connectivity index (χ3v) is 5.88. The molecule has 0 radical (unpaired) electrons. The van der Waals surface area contributed by atoms with Crippen molar-refractivity contribution in [3.05, 3.63) is 89.2 Å². The molecule has 1 N–H and O–H groups in total. The molecule has 4 nitrogen and oxygen atoms in total. The zero-order valence-electron chi connectivity index (χ0n) is 20.4. The van der Waals surface area contributed by atoms with Crippen molar-refractivity contribution in [1.82, 2.24) is 0 Å². The molecule has 1 aromatic heterocycles. The van der Waals surface area contributed by atoms with Crippen molar-refractivity contribution in [2.24, 2.45) is 0 Å². The van der Waals surface area contributed by atoms with Crippen LogP contribution in [-0.2, 0) is 11.0 Å². The average Bonchev–Trinajstić information content (AvgIpc) is 3.21. The van der Waals surface area contributed by atoms with Crippen molar-refractivity contribution in [2.75, 3.05) is 11.9 Å². The summed E-state index contributed by atoms with van der Waals surface area (Å²) in [7, 11) is 0. The van der Waals surface area contributed by atoms with Crippen molar-refractivity contribution < 1.29 is 27.1 Å². The van der Waals surface area contributed by atoms with Gasteiger partial charge in [-0.3, -0.25) is 4.79 Å². The molecular weight excluding hydrogens is 467 g/mol. The first kappa shape index (κ1) is 25.1. The van der Waals surface area contributed by atoms with Crippen molar-refractivity contribution in [2.45, 2.75) is 33.9 Å². The van der Waals surface area contributed by atoms with E-state index in [0.29, 0.717) is 29.1 Å². The molecule has 0 atom stereocenters. The minimum Gasteiger partial charge on any atom is -0.493 e. The Hall–Kier alpha value is -4.00. The van der Waals surface area contributed by atoms with Crippen LogP contribution in [0.2, 0.25) is 0 Å². The van der Waals surface area contributed by atoms with Crippen LogP contribution in [0.3, 0.4) is 0 Å². The highest BCUT2D eigenvalue weighted by molar-refractivity contribution is 6.05. The van der Waals surface area contributed by atoms with Crippen molar-refractivity contribution in [1.29, 1.82) is 0 Å². The lowest BCUT2D eigenvalue weighted by Gasteiger charge is -2.12. The Morgan fingerprint density at radius 3 is 2.53 bits per heavy atom. The normalized spacial score (nSPS) is 12.1. The number of rotatable bonds is 6. The van der Waals surface area contributed by atoms with Gasteiger partial charge in [0.1, 0.15) is 11.3 Å². The lowest BCUT2D eigenvalue weighted by atomic mass is 9.96. The van der Waals surface area contributed by atoms with E-state index in [2.05, 4.69) is 17.4 Å². The monoisotopic (exact) mass is 493 g/mol. The molecule has 0 saturated heterocycles. The maximum absolute atomic E-state index is 13.0. The van der Waals surface area contributed by atoms with Gasteiger partial charge in [0.25, 0.3) is 0 Å². The predicted molar refractivity (Wildman–Crippen MR) is 136 cm³/mol. The molecule has 0 saturated carbocycles. The van der Waals surface area contributed by atoms with E-state index in [1.54, 1.807) is 19.3 Å². The molecule has 7 heteroatoms. The van der Waals surface area contributed by atoms with Gasteiger partial charge in [0, 0.05) is 34.3 Å². The minimum atomic E-state index is -4.49. The van der Waals surface area contributed by atoms with Crippen LogP contribution in [0.1, 0.15) is 36.1 Å². The number of hydrogen-bond acceptors (Lipinski definition) is 3. The molecule has 36 heavy (non-hydrogen) atoms. The Balaban J connectivity index is 1.71. The standard InChI is InChI=1S/C29H26F3NO3/c1-5-35-26-15-27-24(25(16-36-27)22-10-9-17(2)11-18(22)3)14-23(26)19(4)12-28(34)33-21-8-6-7-20(13-21)29(30,31)32/h6-16H,5H2,1-4H3,(H,33,34)/b19-12+. The van der Waals surface area contributed by atoms with Crippen LogP contribution < -0.4 is 10.1 Å². The highest BCUT2D eigenvalue weighted by Crippen LogP contribution is 2.38. The summed E-state index contributed by atoms with van der Waals surface area (Å²) < 4.78 is 50.7. The number of amides is 1. The molecule has 4 rings (SSSR count). The van der Waals surface area contributed by atoms with Crippen LogP contribution in [0.4, 0.5) is 18.9 Å². The van der Waals surface area contributed by atoms with Crippen LogP contribution in [0.15, 0.2) is 71.4 Å². The van der Waals surface area contributed by atoms with E-state index in [-0.39, 0.29) is 5.69 Å². The van der Waals surface area contributed by atoms with Crippen LogP contribution in [0, 0.1) is 13.8 Å². The molecule has 0 spiro atoms. The largest absolute Gasteiger partial charge is 0.493 e. The van der Waals surface area contributed by atoms with Gasteiger partial charge < -0.3 is 14.5 Å². The molecule has 0 aliphatic heterocycles. The van der Waals surface area contributed by atoms with E-state index in [4.69, 9.17) is 9.15 Å². The highest BCUT2D eigenvalue weighted by Gasteiger charge is 2.30. The van der Waals surface area contributed by atoms with Gasteiger partial charge in [-0.05, 0) is 68.7 Å². The Morgan fingerprint density at radius 1 is 1.06 bits per heavy atom. The second-order valence-corrected chi connectivity index (χ2v) is 8.64. The maximum Gasteiger partial charge on any atom is 0.416 e. The molecule has 0 aliphatic carbocycles. The number of halogens is 3. The second-order valence-electron chi connectivity index (χ2n) is 8.64. The zero-order chi connectivity index (χ0) is 26.0. The van der Waals surface area contributed by atoms with Gasteiger partial charge in [-0.25, -0.2) is 0 Å². The number of aryl methyl sites for hydroxylation is 2. The number of furan rings is 1. The fourth-order valence-electron chi connectivity index (χ4n) is 4.19. The Labute approximate surface area is 207 Å². The summed E-state index contributed by atoms with van der Waals surface area (Å²) in [5.41, 5.74) is 5.41. The fourth-order valence-corrected chi connectivity index (χ4v) is 4.19. The summed E-state index contributed by atoms with van der Waals surface area (Å²) in [6, 6.07) is 14.4. The lowest BCUT2D eigenvalue weighted by molar-refractivity contribution is -0.137. The SMILES string of the molecule is CCOc1cc2occ(-c3ccc(C)cc3C)c2cc1/C(C)=C/C(=O)Nc1cccc(C(F)(F)F)c1. The van der Waals surface area contributed by atoms with E-state index in [1.165, 1.54) is 18.2 Å². The van der Waals surface area contributed by atoms with Crippen LogP contribution in [-0.4, -0.2) is 12.5 Å². The average molecular weight is 494 g/mol. The van der Waals surface area contributed by atoms with Crippen molar-refractivity contribution >= 4 is 28.1 Å². The summed E-state index contributed by atoms with van der Waals surface area (Å²) >= 11 is 0. The molecule has 3 aromatic carbocycles. The second kappa shape index (κ2) is 9.93. The molecule has 186 valence electrons. The third-order valence-electron chi connectivity index (χ3n) is 5.88. The summed E-state index contributed by atoms with van der Waals surface area (Å²) in [6.07, 6.45) is -1.44. The van der Waals surface area contributed by atoms with Gasteiger partial charge >= 0.3 is 6.18 Å². The Morgan fingerprint density at radius 2 is 1.83 bits per heavy atom. The molecule has 1 heterocycles. The zero-order valence-corrected chi connectivity index (χ0v) is 20.4. The number of nitrogens with one attached hydrogen (secondary N) is 1. The summed E-state index contributed by atoms with van der Waals surface area (Å²) in [5, 5.41) is 3.38. The number of hydrogen-bond donors (Lipinski definition) is 1. The summed E-state index contributed by atoms with van der Waals surface area (Å²) in [6.45, 7) is 8.10. The lowest BCUT2D eigenvalue weighted by Crippen LogP contribution is -2.11. The highest BCUT2D eigenvalue weighted by atomic mass is 19.4. The van der Waals surface area contributed by atoms with Gasteiger partial charge in [0.05, 0.1) is 18.4 Å². The number of allylic oxidation sites excluding steroid dienone is 1. The number of carbonyl (C=O) groups is 1. The van der Waals surface area contributed by atoms with Gasteiger partial charge in [0.2, 0.25) is 5.91 Å². The minimum absolute atomic E-state index is 0.0614. The third kappa shape index (κ3) is 5.30. The van der Waals surface area contributed by atoms with E-state index < -0.39 is 17.6 Å². The number of ether oxygens (including phenoxy) is 1. The quantitative estimate of drug-likeness (QED) is 0.276. The topological polar surface area (TPSA) is 51.5 Å². The Bertz CT molecular complexity index is 1460. The van der Waals surface area contributed by atoms with E-state index in [1.807, 2.05) is 32.9 Å². The fraction of sp³-hybridized carbons (Fsp3) is 0.207. The van der Waals surface area contributed by atoms with E-state index in [9.17, 15) is 18.0 Å². The van der Waals surface area contributed by atoms with E-state index >= 15 is 0 Å². The van der Waals surface area contributed by atoms with Crippen molar-refractivity contribution in [3.63, 3.8) is 0 Å². The van der Waals surface area contributed by atoms with Crippen LogP contribution >= 0.6 is 0 Å². The van der Waals surface area contributed by atoms with Crippen LogP contribution in [0.25, 0.3) is 27.7 Å². The predicted octanol–water partition coefficient (Wildman–Crippen LogP) is 8.18.